The van der Waals surface area contributed by atoms with Crippen LogP contribution in [0.25, 0.3) is 127 Å². The molecule has 298 valence electrons. The quantitative estimate of drug-likeness (QED) is 0.167. The van der Waals surface area contributed by atoms with Gasteiger partial charge in [-0.05, 0) is 86.9 Å². The molecular weight excluding hydrogens is 783 g/mol. The Balaban J connectivity index is 1.02. The van der Waals surface area contributed by atoms with Gasteiger partial charge in [-0.1, -0.05) is 152 Å². The van der Waals surface area contributed by atoms with Crippen molar-refractivity contribution in [2.24, 2.45) is 0 Å². The molecule has 4 heterocycles. The number of pyridine rings is 1. The largest absolute Gasteiger partial charge is 0.456 e. The Labute approximate surface area is 367 Å². The van der Waals surface area contributed by atoms with Gasteiger partial charge in [0.2, 0.25) is 0 Å². The first-order valence-electron chi connectivity index (χ1n) is 21.4. The fourth-order valence-corrected chi connectivity index (χ4v) is 9.47. The van der Waals surface area contributed by atoms with E-state index in [0.717, 1.165) is 66.5 Å². The minimum Gasteiger partial charge on any atom is -0.456 e. The van der Waals surface area contributed by atoms with Gasteiger partial charge in [0.25, 0.3) is 0 Å². The predicted octanol–water partition coefficient (Wildman–Crippen LogP) is 14.9. The molecule has 0 amide bonds. The summed E-state index contributed by atoms with van der Waals surface area (Å²) < 4.78 is 8.72. The lowest BCUT2D eigenvalue weighted by Crippen LogP contribution is -2.01. The Hall–Kier alpha value is -8.74. The molecule has 0 aliphatic rings. The molecule has 0 saturated carbocycles. The lowest BCUT2D eigenvalue weighted by atomic mass is 9.96. The highest BCUT2D eigenvalue weighted by Crippen LogP contribution is 2.42. The minimum absolute atomic E-state index is 0.555. The van der Waals surface area contributed by atoms with Crippen molar-refractivity contribution in [1.82, 2.24) is 24.5 Å². The number of furan rings is 1. The Kier molecular flexibility index (Phi) is 8.11. The molecular formula is C58H35N5O. The molecule has 0 bridgehead atoms. The van der Waals surface area contributed by atoms with Crippen LogP contribution in [0.5, 0.6) is 0 Å². The van der Waals surface area contributed by atoms with Gasteiger partial charge in [-0.25, -0.2) is 15.0 Å². The maximum Gasteiger partial charge on any atom is 0.164 e. The molecule has 0 radical (unpaired) electrons. The molecule has 0 N–H and O–H groups in total. The van der Waals surface area contributed by atoms with Gasteiger partial charge in [-0.15, -0.1) is 0 Å². The maximum absolute atomic E-state index is 6.31. The first-order chi connectivity index (χ1) is 31.7. The second kappa shape index (κ2) is 14.4. The number of hydrogen-bond acceptors (Lipinski definition) is 5. The second-order valence-electron chi connectivity index (χ2n) is 16.3. The van der Waals surface area contributed by atoms with Crippen molar-refractivity contribution < 1.29 is 4.42 Å². The highest BCUT2D eigenvalue weighted by Gasteiger charge is 2.20. The van der Waals surface area contributed by atoms with Crippen molar-refractivity contribution in [3.63, 3.8) is 0 Å². The van der Waals surface area contributed by atoms with Crippen LogP contribution in [-0.2, 0) is 0 Å². The Morgan fingerprint density at radius 1 is 0.375 bits per heavy atom. The predicted molar refractivity (Wildman–Crippen MR) is 261 cm³/mol. The number of nitrogens with zero attached hydrogens (tertiary/aromatic N) is 5. The van der Waals surface area contributed by atoms with Crippen LogP contribution in [0.4, 0.5) is 0 Å². The summed E-state index contributed by atoms with van der Waals surface area (Å²) >= 11 is 0. The van der Waals surface area contributed by atoms with Gasteiger partial charge >= 0.3 is 0 Å². The van der Waals surface area contributed by atoms with Gasteiger partial charge in [-0.3, -0.25) is 4.98 Å². The van der Waals surface area contributed by atoms with E-state index >= 15 is 0 Å². The van der Waals surface area contributed by atoms with Crippen molar-refractivity contribution in [1.29, 1.82) is 0 Å². The molecule has 0 aliphatic carbocycles. The number of rotatable bonds is 6. The number of hydrogen-bond donors (Lipinski definition) is 0. The molecule has 0 spiro atoms. The molecule has 13 rings (SSSR count). The number of benzene rings is 9. The van der Waals surface area contributed by atoms with Gasteiger partial charge in [0, 0.05) is 61.7 Å². The number of aromatic nitrogens is 5. The van der Waals surface area contributed by atoms with Crippen LogP contribution in [0, 0.1) is 0 Å². The SMILES string of the molecule is c1ccc(-c2cccc(-c3nc(-c4cccc(-n5c6cccc(-c7ccc8ccccc8c7)c6c6ccc7ccccc7c65)c4)nc(-c4ccc5c(c4)oc4ccncc45)n3)c2)cc1. The lowest BCUT2D eigenvalue weighted by Gasteiger charge is -2.13. The highest BCUT2D eigenvalue weighted by atomic mass is 16.3. The van der Waals surface area contributed by atoms with Crippen LogP contribution in [0.1, 0.15) is 0 Å². The average Bonchev–Trinajstić information content (AvgIpc) is 3.92. The zero-order chi connectivity index (χ0) is 42.1. The number of fused-ring (bicyclic) bond motifs is 9. The summed E-state index contributed by atoms with van der Waals surface area (Å²) in [5.74, 6) is 1.71. The Morgan fingerprint density at radius 2 is 1.03 bits per heavy atom. The summed E-state index contributed by atoms with van der Waals surface area (Å²) in [6, 6.07) is 70.6. The van der Waals surface area contributed by atoms with Gasteiger partial charge in [-0.2, -0.15) is 0 Å². The van der Waals surface area contributed by atoms with E-state index in [0.29, 0.717) is 17.5 Å². The Morgan fingerprint density at radius 3 is 1.89 bits per heavy atom. The van der Waals surface area contributed by atoms with Crippen LogP contribution < -0.4 is 0 Å². The highest BCUT2D eigenvalue weighted by molar-refractivity contribution is 6.22. The zero-order valence-corrected chi connectivity index (χ0v) is 34.4. The van der Waals surface area contributed by atoms with E-state index in [9.17, 15) is 0 Å². The van der Waals surface area contributed by atoms with Gasteiger partial charge in [0.15, 0.2) is 17.5 Å². The molecule has 9 aromatic carbocycles. The summed E-state index contributed by atoms with van der Waals surface area (Å²) in [6.07, 6.45) is 3.59. The van der Waals surface area contributed by atoms with E-state index in [1.165, 1.54) is 43.4 Å². The lowest BCUT2D eigenvalue weighted by molar-refractivity contribution is 0.668. The standard InChI is InChI=1S/C58H35N5O/c1-2-11-36(12-3-1)40-16-8-17-42(32-40)56-60-57(62-58(61-56)44-26-27-48-50-35-59-30-29-52(50)64-53(48)34-44)43-18-9-19-45(33-43)63-51-22-10-21-46(41-24-23-37-13-4-5-15-39(37)31-41)54(51)49-28-25-38-14-6-7-20-47(38)55(49)63/h1-35H. The molecule has 6 heteroatoms. The first-order valence-corrected chi connectivity index (χ1v) is 21.4. The molecule has 0 aliphatic heterocycles. The van der Waals surface area contributed by atoms with Crippen LogP contribution >= 0.6 is 0 Å². The van der Waals surface area contributed by atoms with E-state index < -0.39 is 0 Å². The Bertz CT molecular complexity index is 3980. The molecule has 4 aromatic heterocycles. The normalized spacial score (nSPS) is 11.8. The average molecular weight is 818 g/mol. The fourth-order valence-electron chi connectivity index (χ4n) is 9.47. The summed E-state index contributed by atoms with van der Waals surface area (Å²) in [7, 11) is 0. The minimum atomic E-state index is 0.555. The second-order valence-corrected chi connectivity index (χ2v) is 16.3. The third-order valence-electron chi connectivity index (χ3n) is 12.5. The third kappa shape index (κ3) is 5.88. The van der Waals surface area contributed by atoms with Crippen LogP contribution in [0.2, 0.25) is 0 Å². The summed E-state index contributed by atoms with van der Waals surface area (Å²) in [5, 5.41) is 9.19. The van der Waals surface area contributed by atoms with E-state index in [4.69, 9.17) is 19.4 Å². The maximum atomic E-state index is 6.31. The van der Waals surface area contributed by atoms with E-state index in [2.05, 4.69) is 192 Å². The summed E-state index contributed by atoms with van der Waals surface area (Å²) in [4.78, 5) is 20.0. The first kappa shape index (κ1) is 36.0. The van der Waals surface area contributed by atoms with Crippen molar-refractivity contribution in [2.75, 3.05) is 0 Å². The van der Waals surface area contributed by atoms with Crippen LogP contribution in [0.15, 0.2) is 217 Å². The topological polar surface area (TPSA) is 69.6 Å². The smallest absolute Gasteiger partial charge is 0.164 e. The van der Waals surface area contributed by atoms with Gasteiger partial charge < -0.3 is 8.98 Å². The van der Waals surface area contributed by atoms with Crippen molar-refractivity contribution in [3.05, 3.63) is 213 Å². The summed E-state index contributed by atoms with van der Waals surface area (Å²) in [5.41, 5.74) is 12.0. The fraction of sp³-hybridized carbons (Fsp3) is 0. The monoisotopic (exact) mass is 817 g/mol. The van der Waals surface area contributed by atoms with Crippen molar-refractivity contribution in [3.8, 4) is 62.1 Å². The van der Waals surface area contributed by atoms with E-state index in [1.54, 1.807) is 6.20 Å². The molecule has 0 unspecified atom stereocenters. The van der Waals surface area contributed by atoms with Gasteiger partial charge in [0.1, 0.15) is 11.2 Å². The van der Waals surface area contributed by atoms with Crippen LogP contribution in [-0.4, -0.2) is 24.5 Å². The molecule has 6 nitrogen and oxygen atoms in total. The molecule has 0 saturated heterocycles. The van der Waals surface area contributed by atoms with Crippen LogP contribution in [0.3, 0.4) is 0 Å². The molecule has 13 aromatic rings. The van der Waals surface area contributed by atoms with Crippen molar-refractivity contribution in [2.45, 2.75) is 0 Å². The van der Waals surface area contributed by atoms with Gasteiger partial charge in [0.05, 0.1) is 11.0 Å². The zero-order valence-electron chi connectivity index (χ0n) is 34.4. The molecule has 64 heavy (non-hydrogen) atoms. The van der Waals surface area contributed by atoms with Crippen molar-refractivity contribution >= 4 is 65.3 Å². The molecule has 0 fully saturated rings. The molecule has 0 atom stereocenters. The van der Waals surface area contributed by atoms with E-state index in [1.807, 2.05) is 24.4 Å². The van der Waals surface area contributed by atoms with E-state index in [-0.39, 0.29) is 0 Å². The third-order valence-corrected chi connectivity index (χ3v) is 12.5. The summed E-state index contributed by atoms with van der Waals surface area (Å²) in [6.45, 7) is 0.